The van der Waals surface area contributed by atoms with Crippen LogP contribution in [0.5, 0.6) is 0 Å². The van der Waals surface area contributed by atoms with Crippen molar-refractivity contribution in [1.82, 2.24) is 0 Å². The fourth-order valence-electron chi connectivity index (χ4n) is 0.749. The number of allylic oxidation sites excluding steroid dienone is 3. The molecule has 1 fully saturated rings. The average Bonchev–Trinajstić information content (AvgIpc) is 2.57. The van der Waals surface area contributed by atoms with E-state index in [1.807, 2.05) is 19.1 Å². The molecule has 1 aliphatic rings. The Labute approximate surface area is 93.0 Å². The molecule has 0 aromatic carbocycles. The molecule has 0 unspecified atom stereocenters. The van der Waals surface area contributed by atoms with E-state index in [1.54, 1.807) is 6.08 Å². The molecule has 13 heavy (non-hydrogen) atoms. The molecule has 0 amide bonds. The summed E-state index contributed by atoms with van der Waals surface area (Å²) in [7, 11) is 0. The number of rotatable bonds is 3. The monoisotopic (exact) mass is 407 g/mol. The number of hydrogen-bond acceptors (Lipinski definition) is 2. The van der Waals surface area contributed by atoms with Gasteiger partial charge in [0.05, 0.1) is 0 Å². The van der Waals surface area contributed by atoms with Gasteiger partial charge in [-0.15, -0.1) is 0 Å². The molecule has 0 aromatic heterocycles. The molecule has 0 aromatic rings. The second-order valence-electron chi connectivity index (χ2n) is 2.38. The van der Waals surface area contributed by atoms with E-state index in [0.29, 0.717) is 0 Å². The molecular formula is C9H13I2O2-. The van der Waals surface area contributed by atoms with Crippen LogP contribution in [0.3, 0.4) is 0 Å². The van der Waals surface area contributed by atoms with Crippen LogP contribution in [0, 0.1) is 0 Å². The summed E-state index contributed by atoms with van der Waals surface area (Å²) in [5, 5.41) is 0. The molecule has 1 saturated heterocycles. The Kier molecular flexibility index (Phi) is 6.01. The van der Waals surface area contributed by atoms with E-state index < -0.39 is 16.3 Å². The van der Waals surface area contributed by atoms with E-state index in [-0.39, 0.29) is 23.2 Å². The zero-order valence-electron chi connectivity index (χ0n) is 7.50. The molecule has 0 radical (unpaired) electrons. The molecule has 76 valence electrons. The topological polar surface area (TPSA) is 26.3 Å². The SMILES string of the molecule is C/C=C/C=C/C(=O)OI1CCC[I-]1. The fourth-order valence-corrected chi connectivity index (χ4v) is 16.3. The summed E-state index contributed by atoms with van der Waals surface area (Å²) in [6, 6.07) is 0. The predicted octanol–water partition coefficient (Wildman–Crippen LogP) is -0.509. The van der Waals surface area contributed by atoms with Crippen LogP contribution >= 0.6 is 16.3 Å². The Hall–Kier alpha value is 0.410. The minimum atomic E-state index is -1.17. The molecular weight excluding hydrogens is 394 g/mol. The summed E-state index contributed by atoms with van der Waals surface area (Å²) >= 11 is -0.885. The van der Waals surface area contributed by atoms with Crippen molar-refractivity contribution in [2.45, 2.75) is 13.3 Å². The molecule has 1 aliphatic heterocycles. The van der Waals surface area contributed by atoms with Crippen molar-refractivity contribution in [3.05, 3.63) is 24.3 Å². The molecule has 0 N–H and O–H groups in total. The predicted molar refractivity (Wildman–Crippen MR) is 58.4 cm³/mol. The molecule has 0 bridgehead atoms. The maximum absolute atomic E-state index is 11.2. The molecule has 2 nitrogen and oxygen atoms in total. The summed E-state index contributed by atoms with van der Waals surface area (Å²) in [5.74, 6) is -0.120. The number of hydrogen-bond donors (Lipinski definition) is 0. The third kappa shape index (κ3) is 4.99. The standard InChI is InChI=1S/C9H13I2O2/c1-2-3-4-6-9(12)13-11-8-5-7-10-11/h2-4,6H,5,7-8H2,1H3/q-1/b3-2+,6-4+. The van der Waals surface area contributed by atoms with Gasteiger partial charge in [-0.2, -0.15) is 0 Å². The van der Waals surface area contributed by atoms with E-state index in [9.17, 15) is 4.79 Å². The van der Waals surface area contributed by atoms with Crippen molar-refractivity contribution in [3.8, 4) is 0 Å². The van der Waals surface area contributed by atoms with Crippen molar-refractivity contribution >= 4 is 22.2 Å². The van der Waals surface area contributed by atoms with Gasteiger partial charge in [0.25, 0.3) is 0 Å². The summed E-state index contributed by atoms with van der Waals surface area (Å²) in [4.78, 5) is 11.2. The molecule has 0 aliphatic carbocycles. The Morgan fingerprint density at radius 1 is 1.54 bits per heavy atom. The zero-order valence-corrected chi connectivity index (χ0v) is 11.8. The molecule has 0 saturated carbocycles. The first-order valence-electron chi connectivity index (χ1n) is 4.11. The normalized spacial score (nSPS) is 20.8. The number of carbonyl (C=O) groups excluding carboxylic acids is 1. The maximum atomic E-state index is 11.2. The average molecular weight is 407 g/mol. The Morgan fingerprint density at radius 2 is 2.38 bits per heavy atom. The quantitative estimate of drug-likeness (QED) is 0.273. The van der Waals surface area contributed by atoms with Gasteiger partial charge >= 0.3 is 93.8 Å². The van der Waals surface area contributed by atoms with Crippen LogP contribution in [0.1, 0.15) is 13.3 Å². The van der Waals surface area contributed by atoms with Crippen molar-refractivity contribution in [2.75, 3.05) is 8.86 Å². The van der Waals surface area contributed by atoms with Gasteiger partial charge in [-0.25, -0.2) is 0 Å². The van der Waals surface area contributed by atoms with Crippen LogP contribution in [0.25, 0.3) is 0 Å². The minimum absolute atomic E-state index is 0.120. The van der Waals surface area contributed by atoms with E-state index in [4.69, 9.17) is 3.07 Å². The summed E-state index contributed by atoms with van der Waals surface area (Å²) in [6.07, 6.45) is 8.32. The van der Waals surface area contributed by atoms with Crippen LogP contribution < -0.4 is 17.2 Å². The van der Waals surface area contributed by atoms with Gasteiger partial charge in [-0.05, 0) is 0 Å². The number of alkyl halides is 2. The van der Waals surface area contributed by atoms with Gasteiger partial charge in [-0.1, -0.05) is 0 Å². The second-order valence-corrected chi connectivity index (χ2v) is 17.1. The van der Waals surface area contributed by atoms with Crippen LogP contribution in [0.15, 0.2) is 24.3 Å². The van der Waals surface area contributed by atoms with Crippen molar-refractivity contribution < 1.29 is 25.1 Å². The van der Waals surface area contributed by atoms with Gasteiger partial charge in [0.15, 0.2) is 0 Å². The Bertz CT molecular complexity index is 218. The first-order chi connectivity index (χ1) is 6.33. The van der Waals surface area contributed by atoms with Crippen LogP contribution in [0.4, 0.5) is 0 Å². The third-order valence-corrected chi connectivity index (χ3v) is 16.5. The molecule has 0 atom stereocenters. The molecule has 4 heteroatoms. The van der Waals surface area contributed by atoms with E-state index in [2.05, 4.69) is 0 Å². The Balaban J connectivity index is 2.23. The van der Waals surface area contributed by atoms with Gasteiger partial charge in [0.1, 0.15) is 0 Å². The molecule has 1 heterocycles. The molecule has 1 rings (SSSR count). The van der Waals surface area contributed by atoms with Gasteiger partial charge in [0, 0.05) is 0 Å². The zero-order chi connectivity index (χ0) is 9.52. The van der Waals surface area contributed by atoms with Crippen molar-refractivity contribution in [3.63, 3.8) is 0 Å². The number of halogens is 2. The van der Waals surface area contributed by atoms with E-state index in [0.717, 1.165) is 0 Å². The van der Waals surface area contributed by atoms with Crippen LogP contribution in [0.2, 0.25) is 0 Å². The van der Waals surface area contributed by atoms with E-state index in [1.165, 1.54) is 21.4 Å². The van der Waals surface area contributed by atoms with Gasteiger partial charge < -0.3 is 0 Å². The second kappa shape index (κ2) is 6.80. The first-order valence-corrected chi connectivity index (χ1v) is 14.3. The van der Waals surface area contributed by atoms with Crippen molar-refractivity contribution in [2.24, 2.45) is 0 Å². The van der Waals surface area contributed by atoms with E-state index >= 15 is 0 Å². The summed E-state index contributed by atoms with van der Waals surface area (Å²) in [6.45, 7) is 1.92. The van der Waals surface area contributed by atoms with Crippen molar-refractivity contribution in [1.29, 1.82) is 0 Å². The summed E-state index contributed by atoms with van der Waals surface area (Å²) < 4.78 is 8.01. The molecule has 0 spiro atoms. The van der Waals surface area contributed by atoms with Crippen LogP contribution in [-0.4, -0.2) is 14.8 Å². The third-order valence-electron chi connectivity index (χ3n) is 1.30. The van der Waals surface area contributed by atoms with Gasteiger partial charge in [-0.3, -0.25) is 0 Å². The summed E-state index contributed by atoms with van der Waals surface area (Å²) in [5.41, 5.74) is 0. The van der Waals surface area contributed by atoms with Crippen LogP contribution in [-0.2, 0) is 7.86 Å². The fraction of sp³-hybridized carbons (Fsp3) is 0.444. The van der Waals surface area contributed by atoms with Gasteiger partial charge in [0.2, 0.25) is 0 Å². The number of carbonyl (C=O) groups is 1. The first kappa shape index (κ1) is 11.5. The Morgan fingerprint density at radius 3 is 3.00 bits per heavy atom.